The van der Waals surface area contributed by atoms with Crippen LogP contribution in [0.4, 0.5) is 5.69 Å². The van der Waals surface area contributed by atoms with E-state index in [4.69, 9.17) is 0 Å². The van der Waals surface area contributed by atoms with E-state index >= 15 is 0 Å². The molecule has 1 aliphatic rings. The SMILES string of the molecule is CCN=C1NC(=O)C(C(=O)Nc2ccc(-c3cn[nH]n3)cc2)C(=O)N1. The molecule has 1 aromatic heterocycles. The minimum absolute atomic E-state index is 0.0542. The van der Waals surface area contributed by atoms with E-state index in [2.05, 4.69) is 36.4 Å². The zero-order chi connectivity index (χ0) is 17.8. The molecule has 128 valence electrons. The number of aromatic amines is 1. The van der Waals surface area contributed by atoms with E-state index in [1.165, 1.54) is 0 Å². The summed E-state index contributed by atoms with van der Waals surface area (Å²) in [5.41, 5.74) is 1.91. The number of aromatic nitrogens is 3. The molecular formula is C15H15N7O3. The van der Waals surface area contributed by atoms with Crippen molar-refractivity contribution in [1.29, 1.82) is 0 Å². The molecule has 25 heavy (non-hydrogen) atoms. The van der Waals surface area contributed by atoms with Crippen molar-refractivity contribution < 1.29 is 14.4 Å². The van der Waals surface area contributed by atoms with Gasteiger partial charge >= 0.3 is 0 Å². The van der Waals surface area contributed by atoms with Crippen molar-refractivity contribution in [3.63, 3.8) is 0 Å². The highest BCUT2D eigenvalue weighted by molar-refractivity contribution is 6.28. The largest absolute Gasteiger partial charge is 0.325 e. The average molecular weight is 341 g/mol. The maximum Gasteiger partial charge on any atom is 0.248 e. The van der Waals surface area contributed by atoms with Gasteiger partial charge in [0, 0.05) is 17.8 Å². The van der Waals surface area contributed by atoms with Crippen LogP contribution < -0.4 is 16.0 Å². The van der Waals surface area contributed by atoms with Crippen molar-refractivity contribution in [3.8, 4) is 11.3 Å². The highest BCUT2D eigenvalue weighted by Gasteiger charge is 2.39. The van der Waals surface area contributed by atoms with Crippen LogP contribution in [0, 0.1) is 5.92 Å². The van der Waals surface area contributed by atoms with Crippen molar-refractivity contribution in [2.24, 2.45) is 10.9 Å². The molecule has 0 atom stereocenters. The van der Waals surface area contributed by atoms with Crippen LogP contribution in [0.15, 0.2) is 35.5 Å². The third-order valence-corrected chi connectivity index (χ3v) is 3.45. The van der Waals surface area contributed by atoms with Gasteiger partial charge in [0.05, 0.1) is 6.20 Å². The minimum Gasteiger partial charge on any atom is -0.325 e. The lowest BCUT2D eigenvalue weighted by Crippen LogP contribution is -2.59. The number of nitrogens with zero attached hydrogens (tertiary/aromatic N) is 3. The molecule has 0 aliphatic carbocycles. The van der Waals surface area contributed by atoms with Gasteiger partial charge < -0.3 is 5.32 Å². The molecule has 0 bridgehead atoms. The van der Waals surface area contributed by atoms with E-state index < -0.39 is 23.6 Å². The van der Waals surface area contributed by atoms with E-state index in [9.17, 15) is 14.4 Å². The van der Waals surface area contributed by atoms with E-state index in [1.807, 2.05) is 0 Å². The molecule has 0 spiro atoms. The van der Waals surface area contributed by atoms with Crippen LogP contribution in [0.1, 0.15) is 6.92 Å². The van der Waals surface area contributed by atoms with Crippen LogP contribution in [0.3, 0.4) is 0 Å². The van der Waals surface area contributed by atoms with Crippen LogP contribution >= 0.6 is 0 Å². The highest BCUT2D eigenvalue weighted by Crippen LogP contribution is 2.19. The Morgan fingerprint density at radius 3 is 2.44 bits per heavy atom. The van der Waals surface area contributed by atoms with Gasteiger partial charge in [-0.25, -0.2) is 0 Å². The summed E-state index contributed by atoms with van der Waals surface area (Å²) in [4.78, 5) is 40.2. The summed E-state index contributed by atoms with van der Waals surface area (Å²) in [5, 5.41) is 17.5. The molecule has 2 heterocycles. The zero-order valence-electron chi connectivity index (χ0n) is 13.2. The maximum atomic E-state index is 12.3. The minimum atomic E-state index is -1.48. The third kappa shape index (κ3) is 3.52. The number of aliphatic imine (C=N–C) groups is 1. The lowest BCUT2D eigenvalue weighted by atomic mass is 10.0. The van der Waals surface area contributed by atoms with Crippen LogP contribution in [-0.2, 0) is 14.4 Å². The molecule has 10 heteroatoms. The molecule has 1 aromatic carbocycles. The predicted octanol–water partition coefficient (Wildman–Crippen LogP) is -0.352. The van der Waals surface area contributed by atoms with E-state index in [1.54, 1.807) is 37.4 Å². The maximum absolute atomic E-state index is 12.3. The molecule has 1 aliphatic heterocycles. The first-order valence-corrected chi connectivity index (χ1v) is 7.51. The van der Waals surface area contributed by atoms with Crippen LogP contribution in [0.5, 0.6) is 0 Å². The van der Waals surface area contributed by atoms with Gasteiger partial charge in [0.2, 0.25) is 23.7 Å². The molecule has 10 nitrogen and oxygen atoms in total. The van der Waals surface area contributed by atoms with Crippen molar-refractivity contribution in [2.45, 2.75) is 6.92 Å². The van der Waals surface area contributed by atoms with Gasteiger partial charge in [-0.05, 0) is 19.1 Å². The highest BCUT2D eigenvalue weighted by atomic mass is 16.2. The fourth-order valence-corrected chi connectivity index (χ4v) is 2.28. The Morgan fingerprint density at radius 2 is 1.88 bits per heavy atom. The standard InChI is InChI=1S/C15H15N7O3/c1-2-16-15-19-13(24)11(14(25)20-15)12(23)18-9-5-3-8(4-6-9)10-7-17-22-21-10/h3-7,11H,2H2,1H3,(H,18,23)(H,17,21,22)(H2,16,19,20,24,25). The number of hydrogen-bond acceptors (Lipinski definition) is 6. The molecule has 3 amide bonds. The fraction of sp³-hybridized carbons (Fsp3) is 0.200. The summed E-state index contributed by atoms with van der Waals surface area (Å²) < 4.78 is 0. The summed E-state index contributed by atoms with van der Waals surface area (Å²) in [6.07, 6.45) is 1.57. The molecule has 4 N–H and O–H groups in total. The molecule has 1 saturated heterocycles. The smallest absolute Gasteiger partial charge is 0.248 e. The molecule has 2 aromatic rings. The number of rotatable bonds is 4. The number of carbonyl (C=O) groups excluding carboxylic acids is 3. The Balaban J connectivity index is 1.69. The van der Waals surface area contributed by atoms with Gasteiger partial charge in [-0.3, -0.25) is 30.0 Å². The Bertz CT molecular complexity index is 807. The Labute approximate surface area is 142 Å². The molecule has 3 rings (SSSR count). The topological polar surface area (TPSA) is 141 Å². The van der Waals surface area contributed by atoms with E-state index in [-0.39, 0.29) is 5.96 Å². The van der Waals surface area contributed by atoms with E-state index in [0.29, 0.717) is 17.9 Å². The second-order valence-electron chi connectivity index (χ2n) is 5.16. The van der Waals surface area contributed by atoms with Crippen LogP contribution in [0.2, 0.25) is 0 Å². The quantitative estimate of drug-likeness (QED) is 0.562. The number of guanidine groups is 1. The summed E-state index contributed by atoms with van der Waals surface area (Å²) >= 11 is 0. The average Bonchev–Trinajstić information content (AvgIpc) is 3.09. The number of H-pyrrole nitrogens is 1. The van der Waals surface area contributed by atoms with Gasteiger partial charge in [0.1, 0.15) is 5.69 Å². The van der Waals surface area contributed by atoms with Gasteiger partial charge in [-0.15, -0.1) is 0 Å². The lowest BCUT2D eigenvalue weighted by molar-refractivity contribution is -0.140. The van der Waals surface area contributed by atoms with Crippen molar-refractivity contribution in [2.75, 3.05) is 11.9 Å². The normalized spacial score (nSPS) is 16.8. The molecule has 1 fully saturated rings. The molecule has 0 unspecified atom stereocenters. The second-order valence-corrected chi connectivity index (χ2v) is 5.16. The molecule has 0 saturated carbocycles. The number of benzene rings is 1. The summed E-state index contributed by atoms with van der Waals surface area (Å²) in [6.45, 7) is 2.15. The van der Waals surface area contributed by atoms with Crippen molar-refractivity contribution >= 4 is 29.4 Å². The van der Waals surface area contributed by atoms with Gasteiger partial charge in [-0.1, -0.05) is 12.1 Å². The Kier molecular flexibility index (Phi) is 4.50. The van der Waals surface area contributed by atoms with Gasteiger partial charge in [0.15, 0.2) is 5.92 Å². The van der Waals surface area contributed by atoms with Crippen LogP contribution in [0.25, 0.3) is 11.3 Å². The number of anilines is 1. The third-order valence-electron chi connectivity index (χ3n) is 3.45. The summed E-state index contributed by atoms with van der Waals surface area (Å²) in [7, 11) is 0. The van der Waals surface area contributed by atoms with Crippen molar-refractivity contribution in [3.05, 3.63) is 30.5 Å². The Hall–Kier alpha value is -3.56. The monoisotopic (exact) mass is 341 g/mol. The number of amides is 3. The van der Waals surface area contributed by atoms with Gasteiger partial charge in [0.25, 0.3) is 0 Å². The van der Waals surface area contributed by atoms with Crippen LogP contribution in [-0.4, -0.2) is 45.6 Å². The van der Waals surface area contributed by atoms with Crippen molar-refractivity contribution in [1.82, 2.24) is 26.0 Å². The predicted molar refractivity (Wildman–Crippen MR) is 88.2 cm³/mol. The number of nitrogens with one attached hydrogen (secondary N) is 4. The molecular weight excluding hydrogens is 326 g/mol. The second kappa shape index (κ2) is 6.91. The zero-order valence-corrected chi connectivity index (χ0v) is 13.2. The first kappa shape index (κ1) is 16.3. The van der Waals surface area contributed by atoms with E-state index in [0.717, 1.165) is 5.56 Å². The fourth-order valence-electron chi connectivity index (χ4n) is 2.28. The van der Waals surface area contributed by atoms with Gasteiger partial charge in [-0.2, -0.15) is 15.4 Å². The number of carbonyl (C=O) groups is 3. The Morgan fingerprint density at radius 1 is 1.20 bits per heavy atom. The number of hydrogen-bond donors (Lipinski definition) is 4. The summed E-state index contributed by atoms with van der Waals surface area (Å²) in [6, 6.07) is 6.76. The first-order chi connectivity index (χ1) is 12.1. The first-order valence-electron chi connectivity index (χ1n) is 7.51. The molecule has 0 radical (unpaired) electrons. The lowest BCUT2D eigenvalue weighted by Gasteiger charge is -2.22. The summed E-state index contributed by atoms with van der Waals surface area (Å²) in [5.74, 6) is -3.58.